The van der Waals surface area contributed by atoms with E-state index >= 15 is 0 Å². The van der Waals surface area contributed by atoms with Crippen molar-refractivity contribution in [1.82, 2.24) is 20.2 Å². The van der Waals surface area contributed by atoms with Crippen LogP contribution in [0.3, 0.4) is 0 Å². The Hall–Kier alpha value is -3.88. The lowest BCUT2D eigenvalue weighted by atomic mass is 10.1. The topological polar surface area (TPSA) is 92.4 Å². The summed E-state index contributed by atoms with van der Waals surface area (Å²) in [5, 5.41) is 24.1. The maximum Gasteiger partial charge on any atom is 0.250 e. The number of hydrogen-bond donors (Lipinski definition) is 2. The maximum absolute atomic E-state index is 12.4. The van der Waals surface area contributed by atoms with Gasteiger partial charge in [0.1, 0.15) is 5.75 Å². The van der Waals surface area contributed by atoms with Crippen LogP contribution >= 0.6 is 23.4 Å². The van der Waals surface area contributed by atoms with E-state index in [0.29, 0.717) is 28.0 Å². The molecular weight excluding hydrogens is 482 g/mol. The molecule has 1 aromatic heterocycles. The van der Waals surface area contributed by atoms with E-state index in [9.17, 15) is 9.90 Å². The van der Waals surface area contributed by atoms with Crippen LogP contribution in [0.4, 0.5) is 0 Å². The van der Waals surface area contributed by atoms with Crippen LogP contribution in [0.25, 0.3) is 17.1 Å². The van der Waals surface area contributed by atoms with Gasteiger partial charge in [0, 0.05) is 21.8 Å². The fourth-order valence-electron chi connectivity index (χ4n) is 3.33. The van der Waals surface area contributed by atoms with Crippen molar-refractivity contribution in [2.75, 3.05) is 5.75 Å². The van der Waals surface area contributed by atoms with Gasteiger partial charge in [-0.05, 0) is 42.3 Å². The van der Waals surface area contributed by atoms with Gasteiger partial charge in [0.15, 0.2) is 11.0 Å². The Balaban J connectivity index is 1.48. The largest absolute Gasteiger partial charge is 0.507 e. The first-order valence-electron chi connectivity index (χ1n) is 10.7. The molecule has 9 heteroatoms. The second-order valence-electron chi connectivity index (χ2n) is 7.41. The quantitative estimate of drug-likeness (QED) is 0.140. The number of nitrogens with one attached hydrogen (secondary N) is 1. The molecule has 35 heavy (non-hydrogen) atoms. The predicted molar refractivity (Wildman–Crippen MR) is 140 cm³/mol. The van der Waals surface area contributed by atoms with E-state index in [1.54, 1.807) is 24.3 Å². The van der Waals surface area contributed by atoms with Gasteiger partial charge in [-0.3, -0.25) is 9.36 Å². The number of thioether (sulfide) groups is 1. The standard InChI is InChI=1S/C26H22ClN5O2S/c1-2-7-18-10-6-11-20(24(18)34)16-28-29-23(33)17-35-26-31-30-25(19-8-4-3-5-9-19)32(26)22-14-12-21(27)13-15-22/h2-6,8-16,34H,1,7,17H2,(H,29,33)/b28-16-. The molecule has 0 radical (unpaired) electrons. The number of amides is 1. The Kier molecular flexibility index (Phi) is 7.97. The van der Waals surface area contributed by atoms with Crippen molar-refractivity contribution in [3.63, 3.8) is 0 Å². The summed E-state index contributed by atoms with van der Waals surface area (Å²) >= 11 is 7.31. The van der Waals surface area contributed by atoms with E-state index in [2.05, 4.69) is 27.3 Å². The highest BCUT2D eigenvalue weighted by Gasteiger charge is 2.17. The van der Waals surface area contributed by atoms with Crippen molar-refractivity contribution in [3.8, 4) is 22.8 Å². The number of phenolic OH excluding ortho intramolecular Hbond substituents is 1. The number of nitrogens with zero attached hydrogens (tertiary/aromatic N) is 4. The lowest BCUT2D eigenvalue weighted by molar-refractivity contribution is -0.118. The third kappa shape index (κ3) is 5.98. The molecule has 0 aliphatic carbocycles. The smallest absolute Gasteiger partial charge is 0.250 e. The Morgan fingerprint density at radius 3 is 2.60 bits per heavy atom. The van der Waals surface area contributed by atoms with Gasteiger partial charge in [-0.25, -0.2) is 5.43 Å². The number of rotatable bonds is 9. The van der Waals surface area contributed by atoms with Crippen molar-refractivity contribution in [1.29, 1.82) is 0 Å². The highest BCUT2D eigenvalue weighted by atomic mass is 35.5. The number of carbonyl (C=O) groups is 1. The highest BCUT2D eigenvalue weighted by molar-refractivity contribution is 7.99. The lowest BCUT2D eigenvalue weighted by Crippen LogP contribution is -2.20. The van der Waals surface area contributed by atoms with Crippen molar-refractivity contribution in [2.24, 2.45) is 5.10 Å². The fourth-order valence-corrected chi connectivity index (χ4v) is 4.20. The summed E-state index contributed by atoms with van der Waals surface area (Å²) in [6.45, 7) is 3.68. The molecule has 0 bridgehead atoms. The molecule has 0 unspecified atom stereocenters. The van der Waals surface area contributed by atoms with E-state index < -0.39 is 0 Å². The van der Waals surface area contributed by atoms with Gasteiger partial charge < -0.3 is 5.11 Å². The van der Waals surface area contributed by atoms with Crippen LogP contribution in [0.2, 0.25) is 5.02 Å². The first-order valence-corrected chi connectivity index (χ1v) is 12.1. The Bertz CT molecular complexity index is 1350. The summed E-state index contributed by atoms with van der Waals surface area (Å²) in [6.07, 6.45) is 3.66. The first kappa shape index (κ1) is 24.3. The molecule has 0 spiro atoms. The number of benzene rings is 3. The number of phenols is 1. The van der Waals surface area contributed by atoms with Crippen LogP contribution in [0.5, 0.6) is 5.75 Å². The third-order valence-electron chi connectivity index (χ3n) is 4.99. The van der Waals surface area contributed by atoms with E-state index in [0.717, 1.165) is 16.8 Å². The second kappa shape index (κ2) is 11.5. The molecule has 4 rings (SSSR count). The summed E-state index contributed by atoms with van der Waals surface area (Å²) in [7, 11) is 0. The Labute approximate surface area is 212 Å². The number of para-hydroxylation sites is 1. The van der Waals surface area contributed by atoms with Crippen molar-refractivity contribution in [2.45, 2.75) is 11.6 Å². The summed E-state index contributed by atoms with van der Waals surface area (Å²) < 4.78 is 1.88. The van der Waals surface area contributed by atoms with Gasteiger partial charge in [0.2, 0.25) is 0 Å². The number of hydrazone groups is 1. The van der Waals surface area contributed by atoms with Gasteiger partial charge in [-0.2, -0.15) is 5.10 Å². The zero-order chi connectivity index (χ0) is 24.6. The van der Waals surface area contributed by atoms with E-state index in [1.165, 1.54) is 18.0 Å². The molecule has 0 atom stereocenters. The van der Waals surface area contributed by atoms with Crippen molar-refractivity contribution < 1.29 is 9.90 Å². The Morgan fingerprint density at radius 1 is 1.09 bits per heavy atom. The molecule has 4 aromatic rings. The van der Waals surface area contributed by atoms with Gasteiger partial charge in [0.25, 0.3) is 5.91 Å². The van der Waals surface area contributed by atoms with Crippen LogP contribution < -0.4 is 5.43 Å². The molecule has 0 aliphatic rings. The van der Waals surface area contributed by atoms with Crippen LogP contribution in [0.15, 0.2) is 95.7 Å². The summed E-state index contributed by atoms with van der Waals surface area (Å²) in [4.78, 5) is 12.4. The summed E-state index contributed by atoms with van der Waals surface area (Å²) in [5.74, 6) is 0.522. The van der Waals surface area contributed by atoms with Crippen LogP contribution in [0, 0.1) is 0 Å². The van der Waals surface area contributed by atoms with Crippen molar-refractivity contribution >= 4 is 35.5 Å². The monoisotopic (exact) mass is 503 g/mol. The molecule has 1 heterocycles. The number of hydrogen-bond acceptors (Lipinski definition) is 6. The Morgan fingerprint density at radius 2 is 1.86 bits per heavy atom. The molecule has 0 saturated heterocycles. The number of carbonyl (C=O) groups excluding carboxylic acids is 1. The van der Waals surface area contributed by atoms with E-state index in [1.807, 2.05) is 59.2 Å². The number of aromatic nitrogens is 3. The minimum atomic E-state index is -0.320. The fraction of sp³-hybridized carbons (Fsp3) is 0.0769. The number of aromatic hydroxyl groups is 1. The molecule has 3 aromatic carbocycles. The predicted octanol–water partition coefficient (Wildman–Crippen LogP) is 5.26. The second-order valence-corrected chi connectivity index (χ2v) is 8.79. The van der Waals surface area contributed by atoms with E-state index in [4.69, 9.17) is 11.6 Å². The third-order valence-corrected chi connectivity index (χ3v) is 6.17. The van der Waals surface area contributed by atoms with Crippen LogP contribution in [-0.2, 0) is 11.2 Å². The first-order chi connectivity index (χ1) is 17.1. The zero-order valence-electron chi connectivity index (χ0n) is 18.6. The lowest BCUT2D eigenvalue weighted by Gasteiger charge is -2.10. The molecule has 0 aliphatic heterocycles. The average Bonchev–Trinajstić information content (AvgIpc) is 3.30. The number of halogens is 1. The molecule has 1 amide bonds. The van der Waals surface area contributed by atoms with Crippen molar-refractivity contribution in [3.05, 3.63) is 102 Å². The van der Waals surface area contributed by atoms with Gasteiger partial charge in [-0.1, -0.05) is 71.9 Å². The normalized spacial score (nSPS) is 11.0. The SMILES string of the molecule is C=CCc1cccc(/C=N\NC(=O)CSc2nnc(-c3ccccc3)n2-c2ccc(Cl)cc2)c1O. The van der Waals surface area contributed by atoms with Crippen LogP contribution in [-0.4, -0.2) is 37.7 Å². The molecule has 0 fully saturated rings. The summed E-state index contributed by atoms with van der Waals surface area (Å²) in [6, 6.07) is 22.4. The minimum Gasteiger partial charge on any atom is -0.507 e. The van der Waals surface area contributed by atoms with Crippen LogP contribution in [0.1, 0.15) is 11.1 Å². The minimum absolute atomic E-state index is 0.0698. The zero-order valence-corrected chi connectivity index (χ0v) is 20.2. The molecule has 176 valence electrons. The molecule has 2 N–H and O–H groups in total. The number of allylic oxidation sites excluding steroid dienone is 1. The average molecular weight is 504 g/mol. The van der Waals surface area contributed by atoms with Gasteiger partial charge >= 0.3 is 0 Å². The highest BCUT2D eigenvalue weighted by Crippen LogP contribution is 2.28. The van der Waals surface area contributed by atoms with Gasteiger partial charge in [0.05, 0.1) is 12.0 Å². The van der Waals surface area contributed by atoms with E-state index in [-0.39, 0.29) is 17.4 Å². The maximum atomic E-state index is 12.4. The van der Waals surface area contributed by atoms with Gasteiger partial charge in [-0.15, -0.1) is 16.8 Å². The molecular formula is C26H22ClN5O2S. The molecule has 7 nitrogen and oxygen atoms in total. The molecule has 0 saturated carbocycles. The summed E-state index contributed by atoms with van der Waals surface area (Å²) in [5.41, 5.74) is 5.46.